The molecule has 122 valence electrons. The molecule has 1 aromatic carbocycles. The molecular weight excluding hydrogens is 325 g/mol. The summed E-state index contributed by atoms with van der Waals surface area (Å²) >= 11 is 0. The summed E-state index contributed by atoms with van der Waals surface area (Å²) in [6.45, 7) is 4.83. The van der Waals surface area contributed by atoms with Crippen LogP contribution in [0, 0.1) is 0 Å². The van der Waals surface area contributed by atoms with Crippen molar-refractivity contribution in [1.82, 2.24) is 15.2 Å². The number of methoxy groups -OCH3 is 1. The molecule has 1 aliphatic heterocycles. The van der Waals surface area contributed by atoms with Crippen LogP contribution in [0.3, 0.4) is 0 Å². The zero-order valence-electron chi connectivity index (χ0n) is 12.4. The largest absolute Gasteiger partial charge is 0.495 e. The van der Waals surface area contributed by atoms with Crippen LogP contribution in [0.1, 0.15) is 5.56 Å². The Balaban J connectivity index is 0.00000121. The number of fused-ring (bicyclic) bond motifs is 1. The summed E-state index contributed by atoms with van der Waals surface area (Å²) in [5.41, 5.74) is 1.77. The molecular formula is C15H21Cl2N3O2. The van der Waals surface area contributed by atoms with Crippen LogP contribution in [0.4, 0.5) is 0 Å². The molecule has 0 unspecified atom stereocenters. The lowest BCUT2D eigenvalue weighted by Crippen LogP contribution is -2.43. The Morgan fingerprint density at radius 1 is 1.23 bits per heavy atom. The van der Waals surface area contributed by atoms with E-state index in [0.717, 1.165) is 49.2 Å². The monoisotopic (exact) mass is 345 g/mol. The molecule has 0 atom stereocenters. The molecule has 0 saturated carbocycles. The summed E-state index contributed by atoms with van der Waals surface area (Å²) in [6, 6.07) is 7.56. The molecule has 0 bridgehead atoms. The van der Waals surface area contributed by atoms with E-state index in [-0.39, 0.29) is 30.4 Å². The van der Waals surface area contributed by atoms with Crippen molar-refractivity contribution in [3.05, 3.63) is 40.2 Å². The van der Waals surface area contributed by atoms with Gasteiger partial charge in [0, 0.05) is 44.2 Å². The number of rotatable bonds is 3. The third-order valence-electron chi connectivity index (χ3n) is 3.75. The van der Waals surface area contributed by atoms with Gasteiger partial charge >= 0.3 is 0 Å². The first-order valence-electron chi connectivity index (χ1n) is 6.90. The van der Waals surface area contributed by atoms with Gasteiger partial charge in [0.2, 0.25) is 5.56 Å². The van der Waals surface area contributed by atoms with E-state index in [0.29, 0.717) is 5.75 Å². The number of piperazine rings is 1. The minimum absolute atomic E-state index is 0. The van der Waals surface area contributed by atoms with Crippen LogP contribution >= 0.6 is 24.8 Å². The number of para-hydroxylation sites is 1. The molecule has 1 saturated heterocycles. The zero-order valence-corrected chi connectivity index (χ0v) is 14.1. The molecule has 2 heterocycles. The molecule has 3 rings (SSSR count). The lowest BCUT2D eigenvalue weighted by molar-refractivity contribution is 0.234. The van der Waals surface area contributed by atoms with Crippen molar-refractivity contribution < 1.29 is 4.74 Å². The van der Waals surface area contributed by atoms with Crippen molar-refractivity contribution >= 4 is 35.7 Å². The molecule has 1 aromatic heterocycles. The molecule has 0 radical (unpaired) electrons. The van der Waals surface area contributed by atoms with E-state index in [1.807, 2.05) is 18.2 Å². The van der Waals surface area contributed by atoms with Crippen molar-refractivity contribution in [3.63, 3.8) is 0 Å². The first-order valence-corrected chi connectivity index (χ1v) is 6.90. The second-order valence-corrected chi connectivity index (χ2v) is 5.07. The number of nitrogens with one attached hydrogen (secondary N) is 2. The number of ether oxygens (including phenoxy) is 1. The fraction of sp³-hybridized carbons (Fsp3) is 0.400. The van der Waals surface area contributed by atoms with E-state index in [4.69, 9.17) is 4.74 Å². The van der Waals surface area contributed by atoms with Crippen LogP contribution in [0.15, 0.2) is 29.1 Å². The van der Waals surface area contributed by atoms with Crippen molar-refractivity contribution in [2.45, 2.75) is 6.54 Å². The molecule has 22 heavy (non-hydrogen) atoms. The van der Waals surface area contributed by atoms with Crippen molar-refractivity contribution in [3.8, 4) is 5.75 Å². The number of benzene rings is 1. The maximum atomic E-state index is 11.9. The molecule has 2 N–H and O–H groups in total. The van der Waals surface area contributed by atoms with Crippen LogP contribution in [-0.2, 0) is 6.54 Å². The fourth-order valence-corrected chi connectivity index (χ4v) is 2.73. The maximum absolute atomic E-state index is 11.9. The first-order chi connectivity index (χ1) is 9.78. The molecule has 2 aromatic rings. The third kappa shape index (κ3) is 3.93. The molecule has 1 aliphatic rings. The highest BCUT2D eigenvalue weighted by molar-refractivity contribution is 5.87. The Morgan fingerprint density at radius 2 is 1.95 bits per heavy atom. The van der Waals surface area contributed by atoms with Crippen LogP contribution in [0.2, 0.25) is 0 Å². The van der Waals surface area contributed by atoms with E-state index in [1.165, 1.54) is 0 Å². The highest BCUT2D eigenvalue weighted by atomic mass is 35.5. The van der Waals surface area contributed by atoms with Gasteiger partial charge in [0.05, 0.1) is 12.6 Å². The van der Waals surface area contributed by atoms with Gasteiger partial charge in [0.15, 0.2) is 0 Å². The van der Waals surface area contributed by atoms with Gasteiger partial charge < -0.3 is 15.0 Å². The number of aromatic amines is 1. The number of pyridine rings is 1. The van der Waals surface area contributed by atoms with Gasteiger partial charge in [-0.15, -0.1) is 24.8 Å². The average Bonchev–Trinajstić information content (AvgIpc) is 2.47. The van der Waals surface area contributed by atoms with Gasteiger partial charge in [-0.1, -0.05) is 12.1 Å². The van der Waals surface area contributed by atoms with E-state index in [9.17, 15) is 4.79 Å². The van der Waals surface area contributed by atoms with Crippen LogP contribution in [0.25, 0.3) is 10.9 Å². The predicted octanol–water partition coefficient (Wildman–Crippen LogP) is 1.79. The summed E-state index contributed by atoms with van der Waals surface area (Å²) in [6.07, 6.45) is 0. The summed E-state index contributed by atoms with van der Waals surface area (Å²) in [5, 5.41) is 4.40. The van der Waals surface area contributed by atoms with E-state index in [2.05, 4.69) is 15.2 Å². The Labute approximate surface area is 141 Å². The normalized spacial score (nSPS) is 15.0. The number of H-pyrrole nitrogens is 1. The number of halogens is 2. The summed E-state index contributed by atoms with van der Waals surface area (Å²) < 4.78 is 5.33. The number of hydrogen-bond acceptors (Lipinski definition) is 4. The SMILES string of the molecule is COc1cccc2c(CN3CCNCC3)cc(=O)[nH]c12.Cl.Cl. The van der Waals surface area contributed by atoms with Crippen LogP contribution in [0.5, 0.6) is 5.75 Å². The van der Waals surface area contributed by atoms with Crippen LogP contribution in [-0.4, -0.2) is 43.2 Å². The molecule has 0 aliphatic carbocycles. The highest BCUT2D eigenvalue weighted by Gasteiger charge is 2.13. The Morgan fingerprint density at radius 3 is 2.64 bits per heavy atom. The number of nitrogens with zero attached hydrogens (tertiary/aromatic N) is 1. The second kappa shape index (κ2) is 8.39. The van der Waals surface area contributed by atoms with Gasteiger partial charge in [-0.3, -0.25) is 9.69 Å². The molecule has 0 amide bonds. The van der Waals surface area contributed by atoms with Crippen LogP contribution < -0.4 is 15.6 Å². The van der Waals surface area contributed by atoms with Gasteiger partial charge in [-0.05, 0) is 11.6 Å². The summed E-state index contributed by atoms with van der Waals surface area (Å²) in [7, 11) is 1.62. The van der Waals surface area contributed by atoms with Gasteiger partial charge in [-0.25, -0.2) is 0 Å². The molecule has 0 spiro atoms. The van der Waals surface area contributed by atoms with Crippen molar-refractivity contribution in [1.29, 1.82) is 0 Å². The number of aromatic nitrogens is 1. The smallest absolute Gasteiger partial charge is 0.248 e. The minimum atomic E-state index is -0.0767. The van der Waals surface area contributed by atoms with Crippen molar-refractivity contribution in [2.24, 2.45) is 0 Å². The van der Waals surface area contributed by atoms with E-state index >= 15 is 0 Å². The topological polar surface area (TPSA) is 57.4 Å². The standard InChI is InChI=1S/C15H19N3O2.2ClH/c1-20-13-4-2-3-12-11(9-14(19)17-15(12)13)10-18-7-5-16-6-8-18;;/h2-4,9,16H,5-8,10H2,1H3,(H,17,19);2*1H. The molecule has 7 heteroatoms. The van der Waals surface area contributed by atoms with Gasteiger partial charge in [0.25, 0.3) is 0 Å². The summed E-state index contributed by atoms with van der Waals surface area (Å²) in [5.74, 6) is 0.710. The van der Waals surface area contributed by atoms with Crippen molar-refractivity contribution in [2.75, 3.05) is 33.3 Å². The average molecular weight is 346 g/mol. The lowest BCUT2D eigenvalue weighted by Gasteiger charge is -2.27. The molecule has 1 fully saturated rings. The van der Waals surface area contributed by atoms with E-state index in [1.54, 1.807) is 13.2 Å². The maximum Gasteiger partial charge on any atom is 0.248 e. The third-order valence-corrected chi connectivity index (χ3v) is 3.75. The first kappa shape index (κ1) is 18.8. The number of hydrogen-bond donors (Lipinski definition) is 2. The Kier molecular flexibility index (Phi) is 7.16. The summed E-state index contributed by atoms with van der Waals surface area (Å²) in [4.78, 5) is 17.1. The highest BCUT2D eigenvalue weighted by Crippen LogP contribution is 2.25. The zero-order chi connectivity index (χ0) is 13.9. The Hall–Kier alpha value is -1.27. The Bertz CT molecular complexity index is 669. The minimum Gasteiger partial charge on any atom is -0.495 e. The van der Waals surface area contributed by atoms with E-state index < -0.39 is 0 Å². The molecule has 5 nitrogen and oxygen atoms in total. The quantitative estimate of drug-likeness (QED) is 0.890. The van der Waals surface area contributed by atoms with Gasteiger partial charge in [-0.2, -0.15) is 0 Å². The van der Waals surface area contributed by atoms with Gasteiger partial charge in [0.1, 0.15) is 5.75 Å². The second-order valence-electron chi connectivity index (χ2n) is 5.07. The lowest BCUT2D eigenvalue weighted by atomic mass is 10.1. The predicted molar refractivity (Wildman–Crippen MR) is 93.8 cm³/mol. The fourth-order valence-electron chi connectivity index (χ4n) is 2.73.